The van der Waals surface area contributed by atoms with Gasteiger partial charge in [-0.15, -0.1) is 0 Å². The summed E-state index contributed by atoms with van der Waals surface area (Å²) in [6.45, 7) is 3.42. The number of sulfonamides is 1. The summed E-state index contributed by atoms with van der Waals surface area (Å²) in [5.41, 5.74) is 1.87. The van der Waals surface area contributed by atoms with E-state index in [0.29, 0.717) is 27.7 Å². The molecule has 0 heterocycles. The van der Waals surface area contributed by atoms with E-state index in [0.717, 1.165) is 16.1 Å². The Hall–Kier alpha value is -3.07. The van der Waals surface area contributed by atoms with E-state index in [9.17, 15) is 18.0 Å². The maximum atomic E-state index is 14.0. The van der Waals surface area contributed by atoms with Crippen molar-refractivity contribution in [1.82, 2.24) is 10.2 Å². The van der Waals surface area contributed by atoms with Crippen molar-refractivity contribution >= 4 is 50.7 Å². The van der Waals surface area contributed by atoms with Gasteiger partial charge in [-0.1, -0.05) is 72.6 Å². The number of hydrogen-bond donors (Lipinski definition) is 1. The Balaban J connectivity index is 2.05. The van der Waals surface area contributed by atoms with Crippen molar-refractivity contribution in [1.29, 1.82) is 0 Å². The van der Waals surface area contributed by atoms with Crippen LogP contribution < -0.4 is 9.62 Å². The van der Waals surface area contributed by atoms with Crippen LogP contribution in [-0.2, 0) is 32.6 Å². The lowest BCUT2D eigenvalue weighted by Crippen LogP contribution is -2.54. The molecule has 3 aromatic rings. The minimum absolute atomic E-state index is 0.0586. The Morgan fingerprint density at radius 3 is 2.13 bits per heavy atom. The average Bonchev–Trinajstić information content (AvgIpc) is 2.89. The zero-order valence-electron chi connectivity index (χ0n) is 22.2. The Kier molecular flexibility index (Phi) is 10.8. The maximum absolute atomic E-state index is 14.0. The third-order valence-electron chi connectivity index (χ3n) is 6.31. The first-order chi connectivity index (χ1) is 18.5. The van der Waals surface area contributed by atoms with Crippen LogP contribution in [0.3, 0.4) is 0 Å². The van der Waals surface area contributed by atoms with E-state index < -0.39 is 28.5 Å². The van der Waals surface area contributed by atoms with Crippen LogP contribution >= 0.6 is 23.2 Å². The first kappa shape index (κ1) is 30.5. The maximum Gasteiger partial charge on any atom is 0.244 e. The van der Waals surface area contributed by atoms with Gasteiger partial charge in [0.25, 0.3) is 0 Å². The van der Waals surface area contributed by atoms with Crippen LogP contribution in [0.4, 0.5) is 5.69 Å². The van der Waals surface area contributed by atoms with Crippen LogP contribution in [-0.4, -0.2) is 50.0 Å². The Morgan fingerprint density at radius 1 is 0.897 bits per heavy atom. The number of anilines is 1. The molecule has 0 fully saturated rings. The number of carbonyl (C=O) groups is 2. The molecule has 3 rings (SSSR count). The molecule has 0 saturated heterocycles. The van der Waals surface area contributed by atoms with Gasteiger partial charge in [-0.25, -0.2) is 8.42 Å². The van der Waals surface area contributed by atoms with Crippen molar-refractivity contribution in [2.75, 3.05) is 17.1 Å². The molecule has 0 aliphatic carbocycles. The van der Waals surface area contributed by atoms with E-state index in [1.54, 1.807) is 30.3 Å². The molecule has 1 N–H and O–H groups in total. The predicted octanol–water partition coefficient (Wildman–Crippen LogP) is 5.31. The fourth-order valence-corrected chi connectivity index (χ4v) is 5.24. The van der Waals surface area contributed by atoms with Gasteiger partial charge < -0.3 is 10.2 Å². The molecular formula is C29H33Cl2N3O4S. The molecule has 0 spiro atoms. The second-order valence-corrected chi connectivity index (χ2v) is 12.2. The van der Waals surface area contributed by atoms with Gasteiger partial charge in [0.05, 0.1) is 11.9 Å². The fourth-order valence-electron chi connectivity index (χ4n) is 4.05. The zero-order chi connectivity index (χ0) is 28.6. The molecule has 10 heteroatoms. The summed E-state index contributed by atoms with van der Waals surface area (Å²) in [5, 5.41) is 3.92. The summed E-state index contributed by atoms with van der Waals surface area (Å²) < 4.78 is 26.6. The summed E-state index contributed by atoms with van der Waals surface area (Å²) in [7, 11) is -3.85. The summed E-state index contributed by atoms with van der Waals surface area (Å²) in [6.07, 6.45) is 1.99. The van der Waals surface area contributed by atoms with E-state index in [4.69, 9.17) is 23.2 Å². The summed E-state index contributed by atoms with van der Waals surface area (Å²) >= 11 is 12.2. The van der Waals surface area contributed by atoms with Crippen molar-refractivity contribution < 1.29 is 18.0 Å². The van der Waals surface area contributed by atoms with Crippen LogP contribution in [0, 0.1) is 0 Å². The van der Waals surface area contributed by atoms with Crippen molar-refractivity contribution in [3.8, 4) is 0 Å². The first-order valence-corrected chi connectivity index (χ1v) is 15.2. The SMILES string of the molecule is CC[C@@H](C)NC(=O)[C@@H](Cc1ccccc1)N(Cc1cccc(Cl)c1)C(=O)CN(c1ccc(Cl)cc1)S(C)(=O)=O. The van der Waals surface area contributed by atoms with Crippen LogP contribution in [0.2, 0.25) is 10.0 Å². The van der Waals surface area contributed by atoms with Crippen LogP contribution in [0.25, 0.3) is 0 Å². The lowest BCUT2D eigenvalue weighted by molar-refractivity contribution is -0.140. The molecule has 7 nitrogen and oxygen atoms in total. The molecule has 208 valence electrons. The van der Waals surface area contributed by atoms with Gasteiger partial charge in [0.2, 0.25) is 21.8 Å². The molecule has 0 saturated carbocycles. The third-order valence-corrected chi connectivity index (χ3v) is 7.94. The van der Waals surface area contributed by atoms with Gasteiger partial charge in [0.1, 0.15) is 12.6 Å². The van der Waals surface area contributed by atoms with Crippen molar-refractivity contribution in [2.24, 2.45) is 0 Å². The monoisotopic (exact) mass is 589 g/mol. The number of halogens is 2. The molecule has 0 radical (unpaired) electrons. The van der Waals surface area contributed by atoms with Crippen LogP contribution in [0.1, 0.15) is 31.4 Å². The minimum Gasteiger partial charge on any atom is -0.352 e. The Labute approximate surface area is 240 Å². The molecule has 0 aliphatic heterocycles. The van der Waals surface area contributed by atoms with E-state index in [1.165, 1.54) is 17.0 Å². The zero-order valence-corrected chi connectivity index (χ0v) is 24.5. The quantitative estimate of drug-likeness (QED) is 0.310. The third kappa shape index (κ3) is 8.98. The number of hydrogen-bond acceptors (Lipinski definition) is 4. The van der Waals surface area contributed by atoms with Gasteiger partial charge in [-0.3, -0.25) is 13.9 Å². The molecular weight excluding hydrogens is 557 g/mol. The van der Waals surface area contributed by atoms with Gasteiger partial charge in [-0.2, -0.15) is 0 Å². The molecule has 39 heavy (non-hydrogen) atoms. The lowest BCUT2D eigenvalue weighted by Gasteiger charge is -2.34. The highest BCUT2D eigenvalue weighted by molar-refractivity contribution is 7.92. The van der Waals surface area contributed by atoms with Gasteiger partial charge in [0, 0.05) is 29.1 Å². The lowest BCUT2D eigenvalue weighted by atomic mass is 10.0. The topological polar surface area (TPSA) is 86.8 Å². The van der Waals surface area contributed by atoms with Gasteiger partial charge >= 0.3 is 0 Å². The smallest absolute Gasteiger partial charge is 0.244 e. The summed E-state index contributed by atoms with van der Waals surface area (Å²) in [6, 6.07) is 21.6. The van der Waals surface area contributed by atoms with Crippen LogP contribution in [0.5, 0.6) is 0 Å². The molecule has 2 amide bonds. The minimum atomic E-state index is -3.85. The molecule has 0 unspecified atom stereocenters. The highest BCUT2D eigenvalue weighted by Crippen LogP contribution is 2.23. The number of amides is 2. The van der Waals surface area contributed by atoms with Gasteiger partial charge in [-0.05, 0) is 60.9 Å². The van der Waals surface area contributed by atoms with Crippen molar-refractivity contribution in [3.05, 3.63) is 100 Å². The van der Waals surface area contributed by atoms with Gasteiger partial charge in [0.15, 0.2) is 0 Å². The average molecular weight is 591 g/mol. The highest BCUT2D eigenvalue weighted by atomic mass is 35.5. The number of benzene rings is 3. The highest BCUT2D eigenvalue weighted by Gasteiger charge is 2.33. The summed E-state index contributed by atoms with van der Waals surface area (Å²) in [4.78, 5) is 29.1. The fraction of sp³-hybridized carbons (Fsp3) is 0.310. The number of carbonyl (C=O) groups excluding carboxylic acids is 2. The van der Waals surface area contributed by atoms with E-state index in [-0.39, 0.29) is 24.9 Å². The molecule has 0 bridgehead atoms. The predicted molar refractivity (Wildman–Crippen MR) is 157 cm³/mol. The Bertz CT molecular complexity index is 1370. The van der Waals surface area contributed by atoms with E-state index >= 15 is 0 Å². The molecule has 0 aromatic heterocycles. The second-order valence-electron chi connectivity index (χ2n) is 9.42. The second kappa shape index (κ2) is 13.8. The van der Waals surface area contributed by atoms with Crippen LogP contribution in [0.15, 0.2) is 78.9 Å². The van der Waals surface area contributed by atoms with E-state index in [1.807, 2.05) is 50.2 Å². The number of nitrogens with zero attached hydrogens (tertiary/aromatic N) is 2. The van der Waals surface area contributed by atoms with Crippen molar-refractivity contribution in [2.45, 2.75) is 45.3 Å². The normalized spacial score (nSPS) is 12.8. The number of rotatable bonds is 12. The molecule has 0 aliphatic rings. The summed E-state index contributed by atoms with van der Waals surface area (Å²) in [5.74, 6) is -0.850. The molecule has 3 aromatic carbocycles. The van der Waals surface area contributed by atoms with E-state index in [2.05, 4.69) is 5.32 Å². The standard InChI is InChI=1S/C29H33Cl2N3O4S/c1-4-21(2)32-29(36)27(18-22-9-6-5-7-10-22)33(19-23-11-8-12-25(31)17-23)28(35)20-34(39(3,37)38)26-15-13-24(30)14-16-26/h5-17,21,27H,4,18-20H2,1-3H3,(H,32,36)/t21-,27-/m1/s1. The number of nitrogens with one attached hydrogen (secondary N) is 1. The molecule has 2 atom stereocenters. The van der Waals surface area contributed by atoms with Crippen molar-refractivity contribution in [3.63, 3.8) is 0 Å². The first-order valence-electron chi connectivity index (χ1n) is 12.6. The largest absolute Gasteiger partial charge is 0.352 e. The Morgan fingerprint density at radius 2 is 1.54 bits per heavy atom.